The van der Waals surface area contributed by atoms with E-state index in [-0.39, 0.29) is 0 Å². The standard InChI is InChI=1S/C15H11BrCl2N2S/c16-10-2-4-14-13(7-10)19-15(21)20(14)6-5-9-1-3-11(17)8-12(9)18/h1-4,7-8H,5-6H2,(H,19,21). The Morgan fingerprint density at radius 1 is 1.14 bits per heavy atom. The summed E-state index contributed by atoms with van der Waals surface area (Å²) in [5.41, 5.74) is 3.18. The highest BCUT2D eigenvalue weighted by atomic mass is 79.9. The monoisotopic (exact) mass is 400 g/mol. The van der Waals surface area contributed by atoms with Gasteiger partial charge in [0.15, 0.2) is 4.77 Å². The number of H-pyrrole nitrogens is 1. The average molecular weight is 402 g/mol. The number of aromatic nitrogens is 2. The molecule has 0 radical (unpaired) electrons. The number of hydrogen-bond acceptors (Lipinski definition) is 1. The lowest BCUT2D eigenvalue weighted by Crippen LogP contribution is -2.01. The fraction of sp³-hybridized carbons (Fsp3) is 0.133. The van der Waals surface area contributed by atoms with Crippen molar-refractivity contribution in [3.8, 4) is 0 Å². The van der Waals surface area contributed by atoms with Crippen LogP contribution in [0.15, 0.2) is 40.9 Å². The van der Waals surface area contributed by atoms with Crippen molar-refractivity contribution in [3.05, 3.63) is 61.3 Å². The van der Waals surface area contributed by atoms with E-state index in [0.717, 1.165) is 34.0 Å². The largest absolute Gasteiger partial charge is 0.331 e. The topological polar surface area (TPSA) is 20.7 Å². The van der Waals surface area contributed by atoms with Gasteiger partial charge in [0.05, 0.1) is 11.0 Å². The summed E-state index contributed by atoms with van der Waals surface area (Å²) in [6.45, 7) is 0.766. The maximum Gasteiger partial charge on any atom is 0.178 e. The third kappa shape index (κ3) is 3.19. The second-order valence-electron chi connectivity index (χ2n) is 4.73. The van der Waals surface area contributed by atoms with E-state index in [0.29, 0.717) is 14.8 Å². The van der Waals surface area contributed by atoms with Gasteiger partial charge >= 0.3 is 0 Å². The number of aromatic amines is 1. The van der Waals surface area contributed by atoms with E-state index >= 15 is 0 Å². The quantitative estimate of drug-likeness (QED) is 0.532. The summed E-state index contributed by atoms with van der Waals surface area (Å²) in [5.74, 6) is 0. The third-order valence-corrected chi connectivity index (χ3v) is 4.76. The van der Waals surface area contributed by atoms with Crippen molar-refractivity contribution >= 4 is 62.4 Å². The summed E-state index contributed by atoms with van der Waals surface area (Å²) in [5, 5.41) is 1.34. The minimum absolute atomic E-state index is 0.650. The Morgan fingerprint density at radius 3 is 2.71 bits per heavy atom. The van der Waals surface area contributed by atoms with Crippen LogP contribution in [0.5, 0.6) is 0 Å². The second-order valence-corrected chi connectivity index (χ2v) is 6.88. The number of nitrogens with one attached hydrogen (secondary N) is 1. The van der Waals surface area contributed by atoms with Crippen molar-refractivity contribution in [2.75, 3.05) is 0 Å². The Hall–Kier alpha value is -0.810. The Balaban J connectivity index is 1.91. The minimum Gasteiger partial charge on any atom is -0.331 e. The molecule has 2 nitrogen and oxygen atoms in total. The fourth-order valence-electron chi connectivity index (χ4n) is 2.31. The highest BCUT2D eigenvalue weighted by molar-refractivity contribution is 9.10. The molecule has 1 N–H and O–H groups in total. The van der Waals surface area contributed by atoms with Gasteiger partial charge in [-0.3, -0.25) is 0 Å². The van der Waals surface area contributed by atoms with Crippen molar-refractivity contribution < 1.29 is 0 Å². The van der Waals surface area contributed by atoms with Crippen molar-refractivity contribution in [1.82, 2.24) is 9.55 Å². The molecule has 2 aromatic carbocycles. The summed E-state index contributed by atoms with van der Waals surface area (Å²) in [4.78, 5) is 3.22. The van der Waals surface area contributed by atoms with Crippen LogP contribution in [-0.4, -0.2) is 9.55 Å². The molecule has 0 fully saturated rings. The first-order valence-corrected chi connectivity index (χ1v) is 8.32. The molecule has 0 unspecified atom stereocenters. The second kappa shape index (κ2) is 6.13. The van der Waals surface area contributed by atoms with Crippen molar-refractivity contribution in [3.63, 3.8) is 0 Å². The van der Waals surface area contributed by atoms with E-state index in [1.54, 1.807) is 6.07 Å². The number of benzene rings is 2. The third-order valence-electron chi connectivity index (χ3n) is 3.36. The van der Waals surface area contributed by atoms with Gasteiger partial charge in [0, 0.05) is 21.1 Å². The lowest BCUT2D eigenvalue weighted by molar-refractivity contribution is 0.706. The molecule has 3 aromatic rings. The molecule has 0 spiro atoms. The van der Waals surface area contributed by atoms with E-state index in [1.807, 2.05) is 24.3 Å². The van der Waals surface area contributed by atoms with E-state index in [9.17, 15) is 0 Å². The van der Waals surface area contributed by atoms with E-state index < -0.39 is 0 Å². The molecule has 21 heavy (non-hydrogen) atoms. The molecular weight excluding hydrogens is 391 g/mol. The van der Waals surface area contributed by atoms with Gasteiger partial charge in [-0.25, -0.2) is 0 Å². The number of nitrogens with zero attached hydrogens (tertiary/aromatic N) is 1. The van der Waals surface area contributed by atoms with Gasteiger partial charge in [-0.05, 0) is 54.5 Å². The van der Waals surface area contributed by atoms with E-state index in [4.69, 9.17) is 35.4 Å². The van der Waals surface area contributed by atoms with Crippen LogP contribution < -0.4 is 0 Å². The van der Waals surface area contributed by atoms with Crippen molar-refractivity contribution in [2.24, 2.45) is 0 Å². The minimum atomic E-state index is 0.650. The molecule has 0 atom stereocenters. The number of fused-ring (bicyclic) bond motifs is 1. The van der Waals surface area contributed by atoms with Crippen LogP contribution in [0.2, 0.25) is 10.0 Å². The number of halogens is 3. The van der Waals surface area contributed by atoms with Gasteiger partial charge in [-0.15, -0.1) is 0 Å². The molecule has 0 aliphatic heterocycles. The van der Waals surface area contributed by atoms with Crippen molar-refractivity contribution in [2.45, 2.75) is 13.0 Å². The molecule has 0 aliphatic carbocycles. The molecular formula is C15H11BrCl2N2S. The van der Waals surface area contributed by atoms with Crippen molar-refractivity contribution in [1.29, 1.82) is 0 Å². The van der Waals surface area contributed by atoms with Gasteiger partial charge in [0.2, 0.25) is 0 Å². The first kappa shape index (κ1) is 15.1. The zero-order chi connectivity index (χ0) is 15.0. The predicted molar refractivity (Wildman–Crippen MR) is 95.0 cm³/mol. The SMILES string of the molecule is S=c1[nH]c2cc(Br)ccc2n1CCc1ccc(Cl)cc1Cl. The predicted octanol–water partition coefficient (Wildman–Crippen LogP) is 6.01. The zero-order valence-electron chi connectivity index (χ0n) is 10.9. The molecule has 0 saturated carbocycles. The van der Waals surface area contributed by atoms with Gasteiger partial charge in [0.1, 0.15) is 0 Å². The van der Waals surface area contributed by atoms with Gasteiger partial charge in [-0.2, -0.15) is 0 Å². The zero-order valence-corrected chi connectivity index (χ0v) is 14.8. The molecule has 0 bridgehead atoms. The number of rotatable bonds is 3. The van der Waals surface area contributed by atoms with Crippen LogP contribution in [0, 0.1) is 4.77 Å². The molecule has 0 saturated heterocycles. The normalized spacial score (nSPS) is 11.2. The average Bonchev–Trinajstić information content (AvgIpc) is 2.72. The summed E-state index contributed by atoms with van der Waals surface area (Å²) in [6, 6.07) is 11.7. The van der Waals surface area contributed by atoms with Crippen LogP contribution in [0.1, 0.15) is 5.56 Å². The molecule has 1 aromatic heterocycles. The van der Waals surface area contributed by atoms with E-state index in [1.165, 1.54) is 0 Å². The highest BCUT2D eigenvalue weighted by Gasteiger charge is 2.07. The molecule has 108 valence electrons. The first-order chi connectivity index (χ1) is 10.0. The highest BCUT2D eigenvalue weighted by Crippen LogP contribution is 2.23. The smallest absolute Gasteiger partial charge is 0.178 e. The number of aryl methyl sites for hydroxylation is 2. The van der Waals surface area contributed by atoms with Crippen LogP contribution in [-0.2, 0) is 13.0 Å². The Morgan fingerprint density at radius 2 is 1.95 bits per heavy atom. The Kier molecular flexibility index (Phi) is 4.41. The van der Waals surface area contributed by atoms with Gasteiger partial charge in [0.25, 0.3) is 0 Å². The van der Waals surface area contributed by atoms with E-state index in [2.05, 4.69) is 31.5 Å². The summed E-state index contributed by atoms with van der Waals surface area (Å²) in [7, 11) is 0. The van der Waals surface area contributed by atoms with Crippen LogP contribution in [0.25, 0.3) is 11.0 Å². The Bertz CT molecular complexity index is 870. The van der Waals surface area contributed by atoms with Crippen LogP contribution in [0.3, 0.4) is 0 Å². The fourth-order valence-corrected chi connectivity index (χ4v) is 3.48. The molecule has 3 rings (SSSR count). The Labute approximate surface area is 145 Å². The molecule has 6 heteroatoms. The van der Waals surface area contributed by atoms with Crippen LogP contribution >= 0.6 is 51.3 Å². The van der Waals surface area contributed by atoms with Gasteiger partial charge < -0.3 is 9.55 Å². The lowest BCUT2D eigenvalue weighted by atomic mass is 10.1. The number of hydrogen-bond donors (Lipinski definition) is 1. The molecule has 0 amide bonds. The molecule has 0 aliphatic rings. The lowest BCUT2D eigenvalue weighted by Gasteiger charge is -2.07. The summed E-state index contributed by atoms with van der Waals surface area (Å²) < 4.78 is 3.83. The molecule has 1 heterocycles. The number of imidazole rings is 1. The maximum atomic E-state index is 6.21. The summed E-state index contributed by atoms with van der Waals surface area (Å²) in [6.07, 6.45) is 0.799. The maximum absolute atomic E-state index is 6.21. The van der Waals surface area contributed by atoms with Crippen LogP contribution in [0.4, 0.5) is 0 Å². The van der Waals surface area contributed by atoms with Gasteiger partial charge in [-0.1, -0.05) is 45.2 Å². The summed E-state index contributed by atoms with van der Waals surface area (Å²) >= 11 is 21.0. The first-order valence-electron chi connectivity index (χ1n) is 6.36.